The first kappa shape index (κ1) is 32.2. The van der Waals surface area contributed by atoms with Crippen LogP contribution in [0.2, 0.25) is 0 Å². The van der Waals surface area contributed by atoms with E-state index in [9.17, 15) is 30.7 Å². The van der Waals surface area contributed by atoms with E-state index in [0.29, 0.717) is 0 Å². The molecule has 1 aromatic heterocycles. The Hall–Kier alpha value is -3.98. The highest BCUT2D eigenvalue weighted by Gasteiger charge is 2.38. The summed E-state index contributed by atoms with van der Waals surface area (Å²) in [7, 11) is 0. The molecular weight excluding hydrogens is 553 g/mol. The molecule has 0 atom stereocenters. The van der Waals surface area contributed by atoms with Crippen molar-refractivity contribution in [2.45, 2.75) is 25.4 Å². The minimum absolute atomic E-state index is 0.158. The lowest BCUT2D eigenvalue weighted by atomic mass is 10.2. The quantitative estimate of drug-likeness (QED) is 0.373. The van der Waals surface area contributed by atoms with Crippen LogP contribution in [0.5, 0.6) is 0 Å². The van der Waals surface area contributed by atoms with Crippen LogP contribution in [-0.2, 0) is 22.7 Å². The molecule has 0 aliphatic carbocycles. The molecule has 8 nitrogen and oxygen atoms in total. The van der Waals surface area contributed by atoms with Crippen LogP contribution in [0.4, 0.5) is 30.7 Å². The summed E-state index contributed by atoms with van der Waals surface area (Å²) in [5, 5.41) is 14.2. The van der Waals surface area contributed by atoms with Crippen LogP contribution in [-0.4, -0.2) is 80.5 Å². The molecule has 2 aromatic carbocycles. The highest BCUT2D eigenvalue weighted by molar-refractivity contribution is 5.73. The van der Waals surface area contributed by atoms with Crippen LogP contribution in [0.25, 0.3) is 11.4 Å². The predicted octanol–water partition coefficient (Wildman–Crippen LogP) is 4.80. The van der Waals surface area contributed by atoms with Crippen molar-refractivity contribution >= 4 is 11.9 Å². The third-order valence-electron chi connectivity index (χ3n) is 5.31. The number of alkyl halides is 6. The van der Waals surface area contributed by atoms with E-state index in [1.165, 1.54) is 6.07 Å². The van der Waals surface area contributed by atoms with Crippen LogP contribution in [0.1, 0.15) is 11.3 Å². The van der Waals surface area contributed by atoms with Crippen molar-refractivity contribution in [3.63, 3.8) is 0 Å². The summed E-state index contributed by atoms with van der Waals surface area (Å²) >= 11 is 0. The second-order valence-electron chi connectivity index (χ2n) is 8.41. The van der Waals surface area contributed by atoms with Gasteiger partial charge in [0.2, 0.25) is 0 Å². The highest BCUT2D eigenvalue weighted by atomic mass is 19.4. The van der Waals surface area contributed by atoms with E-state index in [2.05, 4.69) is 31.9 Å². The minimum Gasteiger partial charge on any atom is -0.475 e. The second-order valence-corrected chi connectivity index (χ2v) is 8.41. The number of hydrogen-bond acceptors (Lipinski definition) is 5. The second kappa shape index (κ2) is 14.4. The third-order valence-corrected chi connectivity index (χ3v) is 5.31. The van der Waals surface area contributed by atoms with E-state index in [1.807, 2.05) is 30.5 Å². The minimum atomic E-state index is -5.08. The molecule has 1 saturated heterocycles. The van der Waals surface area contributed by atoms with Gasteiger partial charge in [-0.05, 0) is 17.7 Å². The van der Waals surface area contributed by atoms with Gasteiger partial charge in [0.1, 0.15) is 11.6 Å². The summed E-state index contributed by atoms with van der Waals surface area (Å²) in [6, 6.07) is 17.1. The van der Waals surface area contributed by atoms with Gasteiger partial charge in [0.05, 0.1) is 0 Å². The van der Waals surface area contributed by atoms with Gasteiger partial charge in [-0.1, -0.05) is 42.5 Å². The van der Waals surface area contributed by atoms with Crippen molar-refractivity contribution in [2.24, 2.45) is 0 Å². The lowest BCUT2D eigenvalue weighted by molar-refractivity contribution is -0.193. The van der Waals surface area contributed by atoms with Gasteiger partial charge in [-0.3, -0.25) is 9.80 Å². The molecule has 4 rings (SSSR count). The van der Waals surface area contributed by atoms with Crippen LogP contribution in [0, 0.1) is 5.82 Å². The number of nitrogens with zero attached hydrogens (tertiary/aromatic N) is 3. The fourth-order valence-corrected chi connectivity index (χ4v) is 3.42. The molecular formula is C25H25F7N4O4. The largest absolute Gasteiger partial charge is 0.490 e. The molecule has 15 heteroatoms. The Morgan fingerprint density at radius 2 is 1.30 bits per heavy atom. The highest BCUT2D eigenvalue weighted by Crippen LogP contribution is 2.17. The number of imidazole rings is 1. The first-order valence-electron chi connectivity index (χ1n) is 11.5. The molecule has 0 saturated carbocycles. The number of carbonyl (C=O) groups is 2. The normalized spacial score (nSPS) is 14.4. The lowest BCUT2D eigenvalue weighted by Gasteiger charge is -2.34. The molecule has 40 heavy (non-hydrogen) atoms. The molecule has 0 radical (unpaired) electrons. The maximum Gasteiger partial charge on any atom is 0.490 e. The molecule has 218 valence electrons. The van der Waals surface area contributed by atoms with Gasteiger partial charge in [-0.15, -0.1) is 0 Å². The molecule has 1 fully saturated rings. The van der Waals surface area contributed by atoms with Crippen molar-refractivity contribution in [2.75, 3.05) is 26.2 Å². The number of aliphatic carboxylic acids is 2. The number of piperazine rings is 1. The molecule has 0 bridgehead atoms. The van der Waals surface area contributed by atoms with Crippen molar-refractivity contribution in [3.05, 3.63) is 77.9 Å². The summed E-state index contributed by atoms with van der Waals surface area (Å²) in [4.78, 5) is 30.5. The first-order valence-corrected chi connectivity index (χ1v) is 11.5. The Morgan fingerprint density at radius 1 is 0.800 bits per heavy atom. The van der Waals surface area contributed by atoms with Crippen LogP contribution >= 0.6 is 0 Å². The van der Waals surface area contributed by atoms with E-state index < -0.39 is 24.3 Å². The number of nitrogens with one attached hydrogen (secondary N) is 1. The smallest absolute Gasteiger partial charge is 0.475 e. The monoisotopic (exact) mass is 578 g/mol. The number of carboxylic acid groups (broad SMARTS) is 2. The van der Waals surface area contributed by atoms with Gasteiger partial charge in [0.25, 0.3) is 0 Å². The molecule has 0 unspecified atom stereocenters. The topological polar surface area (TPSA) is 110 Å². The fraction of sp³-hybridized carbons (Fsp3) is 0.320. The van der Waals surface area contributed by atoms with Gasteiger partial charge in [-0.25, -0.2) is 19.0 Å². The van der Waals surface area contributed by atoms with Gasteiger partial charge >= 0.3 is 24.3 Å². The van der Waals surface area contributed by atoms with E-state index in [-0.39, 0.29) is 5.82 Å². The third kappa shape index (κ3) is 11.4. The van der Waals surface area contributed by atoms with Crippen LogP contribution in [0.3, 0.4) is 0 Å². The molecule has 0 amide bonds. The van der Waals surface area contributed by atoms with E-state index >= 15 is 0 Å². The summed E-state index contributed by atoms with van der Waals surface area (Å²) in [5.41, 5.74) is 3.29. The zero-order valence-corrected chi connectivity index (χ0v) is 20.7. The average molecular weight is 578 g/mol. The van der Waals surface area contributed by atoms with Crippen LogP contribution < -0.4 is 0 Å². The Labute approximate surface area is 223 Å². The fourth-order valence-electron chi connectivity index (χ4n) is 3.42. The van der Waals surface area contributed by atoms with Crippen molar-refractivity contribution in [1.29, 1.82) is 0 Å². The Kier molecular flexibility index (Phi) is 11.6. The van der Waals surface area contributed by atoms with Crippen molar-refractivity contribution in [3.8, 4) is 11.4 Å². The van der Waals surface area contributed by atoms with E-state index in [0.717, 1.165) is 61.9 Å². The zero-order chi connectivity index (χ0) is 29.9. The number of rotatable bonds is 5. The summed E-state index contributed by atoms with van der Waals surface area (Å²) in [6.07, 6.45) is -8.23. The maximum absolute atomic E-state index is 13.3. The number of H-pyrrole nitrogens is 1. The number of aromatic amines is 1. The SMILES string of the molecule is Fc1cccc(CN2CCN(Cc3cnc(-c4ccccc4)[nH]3)CC2)c1.O=C(O)C(F)(F)F.O=C(O)C(F)(F)F. The Balaban J connectivity index is 0.000000333. The predicted molar refractivity (Wildman–Crippen MR) is 128 cm³/mol. The maximum atomic E-state index is 13.3. The molecule has 3 aromatic rings. The zero-order valence-electron chi connectivity index (χ0n) is 20.7. The summed E-state index contributed by atoms with van der Waals surface area (Å²) in [5.74, 6) is -4.75. The summed E-state index contributed by atoms with van der Waals surface area (Å²) < 4.78 is 76.8. The Morgan fingerprint density at radius 3 is 1.77 bits per heavy atom. The number of benzene rings is 2. The number of carboxylic acids is 2. The average Bonchev–Trinajstić information content (AvgIpc) is 3.34. The number of halogens is 7. The molecule has 3 N–H and O–H groups in total. The van der Waals surface area contributed by atoms with Crippen LogP contribution in [0.15, 0.2) is 60.8 Å². The van der Waals surface area contributed by atoms with Gasteiger partial charge in [0.15, 0.2) is 0 Å². The molecule has 2 heterocycles. The first-order chi connectivity index (χ1) is 18.6. The van der Waals surface area contributed by atoms with Gasteiger partial charge in [-0.2, -0.15) is 26.3 Å². The number of hydrogen-bond donors (Lipinski definition) is 3. The van der Waals surface area contributed by atoms with Gasteiger partial charge in [0, 0.05) is 56.7 Å². The van der Waals surface area contributed by atoms with Crippen molar-refractivity contribution < 1.29 is 50.5 Å². The molecule has 1 aliphatic heterocycles. The van der Waals surface area contributed by atoms with Crippen molar-refractivity contribution in [1.82, 2.24) is 19.8 Å². The summed E-state index contributed by atoms with van der Waals surface area (Å²) in [6.45, 7) is 5.71. The molecule has 1 aliphatic rings. The van der Waals surface area contributed by atoms with E-state index in [1.54, 1.807) is 12.1 Å². The molecule has 0 spiro atoms. The Bertz CT molecular complexity index is 1200. The standard InChI is InChI=1S/C21H23FN4.2C2HF3O2/c22-19-8-4-5-17(13-19)15-25-9-11-26(12-10-25)16-20-14-23-21(24-20)18-6-2-1-3-7-18;2*3-2(4,5)1(6)7/h1-8,13-14H,9-12,15-16H2,(H,23,24);2*(H,6,7). The van der Waals surface area contributed by atoms with Gasteiger partial charge < -0.3 is 15.2 Å². The lowest BCUT2D eigenvalue weighted by Crippen LogP contribution is -2.45. The van der Waals surface area contributed by atoms with E-state index in [4.69, 9.17) is 19.8 Å². The number of aromatic nitrogens is 2.